The zero-order valence-corrected chi connectivity index (χ0v) is 32.6. The molecule has 2 aliphatic carbocycles. The molecule has 8 rings (SSSR count). The molecular weight excluding hydrogens is 697 g/mol. The van der Waals surface area contributed by atoms with Crippen LogP contribution in [0.4, 0.5) is 0 Å². The molecule has 0 atom stereocenters. The average molecular weight is 747 g/mol. The Balaban J connectivity index is 1.03. The fraction of sp³-hybridized carbons (Fsp3) is 0.280. The van der Waals surface area contributed by atoms with Crippen molar-refractivity contribution in [1.82, 2.24) is 0 Å². The van der Waals surface area contributed by atoms with Gasteiger partial charge in [0.2, 0.25) is 0 Å². The van der Waals surface area contributed by atoms with Gasteiger partial charge in [-0.05, 0) is 140 Å². The summed E-state index contributed by atoms with van der Waals surface area (Å²) in [7, 11) is 0. The van der Waals surface area contributed by atoms with Crippen LogP contribution < -0.4 is 0 Å². The number of aryl methyl sites for hydroxylation is 4. The number of rotatable bonds is 11. The van der Waals surface area contributed by atoms with E-state index in [9.17, 15) is 30.6 Å². The van der Waals surface area contributed by atoms with Crippen LogP contribution in [0.15, 0.2) is 97.1 Å². The van der Waals surface area contributed by atoms with Gasteiger partial charge in [-0.3, -0.25) is 0 Å². The highest BCUT2D eigenvalue weighted by Crippen LogP contribution is 2.52. The SMILES string of the molecule is CC1(C)c2cc(CCc3cc(CO)c(O)c(CO)c3)ccc2-c2ccc(-c3ccc4c(c3)C(C)(C)c3cc(CCc5cc(CO)c(O)c(CO)c5)ccc3-4)cc21. The van der Waals surface area contributed by atoms with E-state index in [0.717, 1.165) is 36.8 Å². The zero-order chi connectivity index (χ0) is 39.5. The standard InChI is InChI=1S/C50H50O6/c1-49(2)43-21-29(5-7-31-17-35(25-51)47(55)36(18-31)26-52)9-13-39(43)41-15-11-33(23-45(41)49)34-12-16-42-40-14-10-30(22-44(40)50(3,4)46(42)24-34)6-8-32-19-37(27-53)48(56)38(20-32)28-54/h9-24,51-56H,5-8,25-28H2,1-4H3. The quantitative estimate of drug-likeness (QED) is 0.0788. The molecule has 0 amide bonds. The van der Waals surface area contributed by atoms with Crippen LogP contribution in [0.25, 0.3) is 33.4 Å². The molecule has 0 spiro atoms. The van der Waals surface area contributed by atoms with Crippen molar-refractivity contribution in [2.75, 3.05) is 0 Å². The summed E-state index contributed by atoms with van der Waals surface area (Å²) in [6.07, 6.45) is 3.06. The Labute approximate surface area is 329 Å². The highest BCUT2D eigenvalue weighted by Gasteiger charge is 2.37. The van der Waals surface area contributed by atoms with Crippen molar-refractivity contribution in [3.63, 3.8) is 0 Å². The monoisotopic (exact) mass is 746 g/mol. The Hall–Kier alpha value is -5.24. The van der Waals surface area contributed by atoms with Crippen molar-refractivity contribution in [2.24, 2.45) is 0 Å². The molecule has 6 N–H and O–H groups in total. The van der Waals surface area contributed by atoms with Crippen LogP contribution in [0, 0.1) is 0 Å². The molecule has 6 aromatic rings. The maximum Gasteiger partial charge on any atom is 0.126 e. The van der Waals surface area contributed by atoms with Gasteiger partial charge in [0.1, 0.15) is 11.5 Å². The lowest BCUT2D eigenvalue weighted by molar-refractivity contribution is 0.263. The van der Waals surface area contributed by atoms with E-state index in [1.165, 1.54) is 66.8 Å². The van der Waals surface area contributed by atoms with Crippen LogP contribution >= 0.6 is 0 Å². The van der Waals surface area contributed by atoms with E-state index in [1.807, 2.05) is 24.3 Å². The van der Waals surface area contributed by atoms with Gasteiger partial charge >= 0.3 is 0 Å². The summed E-state index contributed by atoms with van der Waals surface area (Å²) in [5.41, 5.74) is 18.5. The van der Waals surface area contributed by atoms with Gasteiger partial charge in [-0.15, -0.1) is 0 Å². The largest absolute Gasteiger partial charge is 0.507 e. The van der Waals surface area contributed by atoms with Gasteiger partial charge in [0.05, 0.1) is 26.4 Å². The van der Waals surface area contributed by atoms with Gasteiger partial charge in [0.25, 0.3) is 0 Å². The van der Waals surface area contributed by atoms with Crippen molar-refractivity contribution in [3.8, 4) is 44.9 Å². The van der Waals surface area contributed by atoms with Crippen molar-refractivity contribution in [3.05, 3.63) is 164 Å². The smallest absolute Gasteiger partial charge is 0.126 e. The molecule has 0 aliphatic heterocycles. The Morgan fingerprint density at radius 1 is 0.357 bits per heavy atom. The maximum atomic E-state index is 10.3. The third-order valence-corrected chi connectivity index (χ3v) is 12.6. The minimum absolute atomic E-state index is 0.0319. The number of fused-ring (bicyclic) bond motifs is 6. The summed E-state index contributed by atoms with van der Waals surface area (Å²) < 4.78 is 0. The Kier molecular flexibility index (Phi) is 9.66. The first-order valence-corrected chi connectivity index (χ1v) is 19.6. The fourth-order valence-electron chi connectivity index (χ4n) is 9.25. The van der Waals surface area contributed by atoms with Crippen molar-refractivity contribution in [2.45, 2.75) is 90.6 Å². The molecule has 286 valence electrons. The first-order chi connectivity index (χ1) is 26.9. The molecule has 0 heterocycles. The normalized spacial score (nSPS) is 14.4. The Bertz CT molecular complexity index is 2280. The molecule has 0 saturated heterocycles. The number of aliphatic hydroxyl groups is 4. The molecule has 0 bridgehead atoms. The van der Waals surface area contributed by atoms with Crippen LogP contribution in [0.2, 0.25) is 0 Å². The van der Waals surface area contributed by atoms with E-state index in [1.54, 1.807) is 0 Å². The second kappa shape index (κ2) is 14.4. The molecule has 56 heavy (non-hydrogen) atoms. The van der Waals surface area contributed by atoms with Gasteiger partial charge in [-0.2, -0.15) is 0 Å². The second-order valence-corrected chi connectivity index (χ2v) is 16.7. The first-order valence-electron chi connectivity index (χ1n) is 19.6. The summed E-state index contributed by atoms with van der Waals surface area (Å²) in [6.45, 7) is 8.15. The van der Waals surface area contributed by atoms with E-state index < -0.39 is 0 Å². The van der Waals surface area contributed by atoms with E-state index in [-0.39, 0.29) is 48.8 Å². The van der Waals surface area contributed by atoms with Crippen LogP contribution in [-0.4, -0.2) is 30.6 Å². The van der Waals surface area contributed by atoms with E-state index in [4.69, 9.17) is 0 Å². The fourth-order valence-corrected chi connectivity index (χ4v) is 9.25. The molecule has 6 heteroatoms. The average Bonchev–Trinajstić information content (AvgIpc) is 3.57. The zero-order valence-electron chi connectivity index (χ0n) is 32.6. The van der Waals surface area contributed by atoms with Crippen LogP contribution in [0.3, 0.4) is 0 Å². The summed E-state index contributed by atoms with van der Waals surface area (Å²) in [6, 6.07) is 34.7. The van der Waals surface area contributed by atoms with Gasteiger partial charge in [-0.1, -0.05) is 88.4 Å². The Morgan fingerprint density at radius 2 is 0.643 bits per heavy atom. The summed E-state index contributed by atoms with van der Waals surface area (Å²) in [5, 5.41) is 59.5. The van der Waals surface area contributed by atoms with Crippen molar-refractivity contribution >= 4 is 0 Å². The van der Waals surface area contributed by atoms with Crippen LogP contribution in [0.5, 0.6) is 11.5 Å². The highest BCUT2D eigenvalue weighted by atomic mass is 16.3. The van der Waals surface area contributed by atoms with Gasteiger partial charge in [-0.25, -0.2) is 0 Å². The summed E-state index contributed by atoms with van der Waals surface area (Å²) in [4.78, 5) is 0. The van der Waals surface area contributed by atoms with E-state index in [2.05, 4.69) is 100 Å². The molecule has 2 aliphatic rings. The first kappa shape index (κ1) is 37.7. The van der Waals surface area contributed by atoms with Crippen molar-refractivity contribution in [1.29, 1.82) is 0 Å². The van der Waals surface area contributed by atoms with E-state index >= 15 is 0 Å². The third kappa shape index (κ3) is 6.31. The lowest BCUT2D eigenvalue weighted by atomic mass is 9.79. The predicted octanol–water partition coefficient (Wildman–Crippen LogP) is 8.92. The third-order valence-electron chi connectivity index (χ3n) is 12.6. The highest BCUT2D eigenvalue weighted by molar-refractivity contribution is 5.86. The molecule has 0 fully saturated rings. The van der Waals surface area contributed by atoms with Crippen LogP contribution in [-0.2, 0) is 62.9 Å². The van der Waals surface area contributed by atoms with E-state index in [0.29, 0.717) is 22.3 Å². The minimum Gasteiger partial charge on any atom is -0.507 e. The van der Waals surface area contributed by atoms with Crippen LogP contribution in [0.1, 0.15) is 94.5 Å². The van der Waals surface area contributed by atoms with Gasteiger partial charge < -0.3 is 30.6 Å². The Morgan fingerprint density at radius 3 is 0.964 bits per heavy atom. The summed E-state index contributed by atoms with van der Waals surface area (Å²) >= 11 is 0. The molecule has 0 aromatic heterocycles. The predicted molar refractivity (Wildman–Crippen MR) is 222 cm³/mol. The maximum absolute atomic E-state index is 10.3. The molecule has 6 nitrogen and oxygen atoms in total. The topological polar surface area (TPSA) is 121 Å². The lowest BCUT2D eigenvalue weighted by Crippen LogP contribution is -2.16. The number of aromatic hydroxyl groups is 2. The molecule has 0 saturated carbocycles. The minimum atomic E-state index is -0.274. The molecule has 0 radical (unpaired) electrons. The second-order valence-electron chi connectivity index (χ2n) is 16.7. The van der Waals surface area contributed by atoms with Gasteiger partial charge in [0.15, 0.2) is 0 Å². The number of hydrogen-bond donors (Lipinski definition) is 6. The number of aliphatic hydroxyl groups excluding tert-OH is 4. The number of benzene rings is 6. The van der Waals surface area contributed by atoms with Crippen molar-refractivity contribution < 1.29 is 30.6 Å². The number of hydrogen-bond acceptors (Lipinski definition) is 6. The van der Waals surface area contributed by atoms with Gasteiger partial charge in [0, 0.05) is 33.1 Å². The summed E-state index contributed by atoms with van der Waals surface area (Å²) in [5.74, 6) is -0.0638. The molecular formula is C50H50O6. The number of phenols is 2. The lowest BCUT2D eigenvalue weighted by Gasteiger charge is -2.24. The molecule has 6 aromatic carbocycles. The molecule has 0 unspecified atom stereocenters.